The van der Waals surface area contributed by atoms with Crippen LogP contribution in [-0.4, -0.2) is 62.7 Å². The van der Waals surface area contributed by atoms with Gasteiger partial charge in [-0.05, 0) is 30.9 Å². The van der Waals surface area contributed by atoms with Gasteiger partial charge in [-0.2, -0.15) is 5.10 Å². The van der Waals surface area contributed by atoms with Crippen molar-refractivity contribution in [1.82, 2.24) is 24.6 Å². The van der Waals surface area contributed by atoms with Crippen molar-refractivity contribution in [2.45, 2.75) is 25.4 Å². The van der Waals surface area contributed by atoms with Crippen LogP contribution in [0.5, 0.6) is 0 Å². The summed E-state index contributed by atoms with van der Waals surface area (Å²) in [5.41, 5.74) is 1.12. The quantitative estimate of drug-likeness (QED) is 0.878. The van der Waals surface area contributed by atoms with Crippen LogP contribution in [0.15, 0.2) is 36.7 Å². The number of aryl methyl sites for hydroxylation is 1. The van der Waals surface area contributed by atoms with Crippen LogP contribution >= 0.6 is 0 Å². The first-order chi connectivity index (χ1) is 12.7. The number of rotatable bonds is 5. The molecule has 7 heteroatoms. The Morgan fingerprint density at radius 3 is 2.92 bits per heavy atom. The summed E-state index contributed by atoms with van der Waals surface area (Å²) < 4.78 is 1.69. The summed E-state index contributed by atoms with van der Waals surface area (Å²) in [7, 11) is 1.85. The minimum atomic E-state index is 0.0209. The standard InChI is InChI=1S/C19H26N6O/c1-23-9-7-18(22-23)21-19(26)14-25-11-15-5-6-17(25)13-24(10-15)12-16-4-2-3-8-20-16/h2-4,7-9,15,17H,5-6,10-14H2,1H3,(H,21,22,26)/t15-,17+/m1/s1. The Kier molecular flexibility index (Phi) is 4.99. The van der Waals surface area contributed by atoms with Gasteiger partial charge >= 0.3 is 0 Å². The van der Waals surface area contributed by atoms with Crippen LogP contribution in [0.1, 0.15) is 18.5 Å². The molecule has 3 aliphatic heterocycles. The lowest BCUT2D eigenvalue weighted by atomic mass is 9.95. The summed E-state index contributed by atoms with van der Waals surface area (Å²) in [6.07, 6.45) is 6.11. The van der Waals surface area contributed by atoms with Crippen LogP contribution in [-0.2, 0) is 18.4 Å². The molecule has 26 heavy (non-hydrogen) atoms. The summed E-state index contributed by atoms with van der Waals surface area (Å²) >= 11 is 0. The van der Waals surface area contributed by atoms with Crippen molar-refractivity contribution >= 4 is 11.7 Å². The smallest absolute Gasteiger partial charge is 0.239 e. The normalized spacial score (nSPS) is 23.7. The zero-order valence-electron chi connectivity index (χ0n) is 15.2. The number of aromatic nitrogens is 3. The van der Waals surface area contributed by atoms with E-state index in [9.17, 15) is 4.79 Å². The summed E-state index contributed by atoms with van der Waals surface area (Å²) in [5, 5.41) is 7.12. The molecule has 1 N–H and O–H groups in total. The Morgan fingerprint density at radius 1 is 1.23 bits per heavy atom. The number of piperidine rings is 1. The molecular formula is C19H26N6O. The molecule has 0 aliphatic carbocycles. The zero-order valence-corrected chi connectivity index (χ0v) is 15.2. The summed E-state index contributed by atoms with van der Waals surface area (Å²) in [5.74, 6) is 1.27. The number of nitrogens with zero attached hydrogens (tertiary/aromatic N) is 5. The van der Waals surface area contributed by atoms with Gasteiger partial charge in [0.25, 0.3) is 0 Å². The van der Waals surface area contributed by atoms with Crippen molar-refractivity contribution in [3.8, 4) is 0 Å². The average Bonchev–Trinajstić information content (AvgIpc) is 2.84. The Hall–Kier alpha value is -2.25. The van der Waals surface area contributed by atoms with E-state index in [1.807, 2.05) is 37.6 Å². The molecule has 5 heterocycles. The van der Waals surface area contributed by atoms with Crippen LogP contribution in [0.25, 0.3) is 0 Å². The molecule has 3 fully saturated rings. The minimum absolute atomic E-state index is 0.0209. The zero-order chi connectivity index (χ0) is 17.9. The molecule has 138 valence electrons. The lowest BCUT2D eigenvalue weighted by Gasteiger charge is -2.35. The van der Waals surface area contributed by atoms with Crippen molar-refractivity contribution in [1.29, 1.82) is 0 Å². The highest BCUT2D eigenvalue weighted by atomic mass is 16.2. The van der Waals surface area contributed by atoms with Gasteiger partial charge in [-0.3, -0.25) is 24.3 Å². The van der Waals surface area contributed by atoms with Gasteiger partial charge in [0.15, 0.2) is 5.82 Å². The number of hydrogen-bond acceptors (Lipinski definition) is 5. The number of fused-ring (bicyclic) bond motifs is 4. The summed E-state index contributed by atoms with van der Waals surface area (Å²) in [6, 6.07) is 8.35. The van der Waals surface area contributed by atoms with Gasteiger partial charge in [0.2, 0.25) is 5.91 Å². The second-order valence-corrected chi connectivity index (χ2v) is 7.46. The van der Waals surface area contributed by atoms with E-state index >= 15 is 0 Å². The Morgan fingerprint density at radius 2 is 2.15 bits per heavy atom. The fourth-order valence-corrected chi connectivity index (χ4v) is 4.17. The maximum absolute atomic E-state index is 12.4. The molecule has 5 rings (SSSR count). The highest BCUT2D eigenvalue weighted by Gasteiger charge is 2.35. The third-order valence-corrected chi connectivity index (χ3v) is 5.34. The first-order valence-corrected chi connectivity index (χ1v) is 9.31. The Labute approximate surface area is 154 Å². The molecule has 0 saturated carbocycles. The molecular weight excluding hydrogens is 328 g/mol. The van der Waals surface area contributed by atoms with Crippen LogP contribution in [0, 0.1) is 5.92 Å². The van der Waals surface area contributed by atoms with Crippen LogP contribution in [0.4, 0.5) is 5.82 Å². The lowest BCUT2D eigenvalue weighted by Crippen LogP contribution is -2.47. The van der Waals surface area contributed by atoms with E-state index in [1.54, 1.807) is 4.68 Å². The van der Waals surface area contributed by atoms with Crippen molar-refractivity contribution in [2.75, 3.05) is 31.5 Å². The van der Waals surface area contributed by atoms with Gasteiger partial charge < -0.3 is 5.32 Å². The molecule has 3 aliphatic rings. The number of anilines is 1. The molecule has 0 radical (unpaired) electrons. The molecule has 2 aromatic rings. The van der Waals surface area contributed by atoms with Crippen LogP contribution in [0.2, 0.25) is 0 Å². The van der Waals surface area contributed by atoms with E-state index in [-0.39, 0.29) is 5.91 Å². The van der Waals surface area contributed by atoms with Crippen molar-refractivity contribution < 1.29 is 4.79 Å². The molecule has 0 unspecified atom stereocenters. The highest BCUT2D eigenvalue weighted by molar-refractivity contribution is 5.91. The van der Waals surface area contributed by atoms with E-state index in [2.05, 4.69) is 31.3 Å². The molecule has 1 amide bonds. The second-order valence-electron chi connectivity index (χ2n) is 7.46. The number of nitrogens with one attached hydrogen (secondary N) is 1. The number of amides is 1. The van der Waals surface area contributed by atoms with Crippen molar-refractivity contribution in [3.05, 3.63) is 42.4 Å². The van der Waals surface area contributed by atoms with E-state index in [1.165, 1.54) is 12.8 Å². The second kappa shape index (κ2) is 7.55. The van der Waals surface area contributed by atoms with E-state index in [4.69, 9.17) is 0 Å². The van der Waals surface area contributed by atoms with Gasteiger partial charge in [0.1, 0.15) is 0 Å². The first kappa shape index (κ1) is 17.2. The largest absolute Gasteiger partial charge is 0.308 e. The van der Waals surface area contributed by atoms with Crippen LogP contribution in [0.3, 0.4) is 0 Å². The predicted molar refractivity (Wildman–Crippen MR) is 99.4 cm³/mol. The average molecular weight is 354 g/mol. The van der Waals surface area contributed by atoms with Crippen molar-refractivity contribution in [3.63, 3.8) is 0 Å². The third-order valence-electron chi connectivity index (χ3n) is 5.34. The maximum atomic E-state index is 12.4. The fraction of sp³-hybridized carbons (Fsp3) is 0.526. The van der Waals surface area contributed by atoms with Crippen LogP contribution < -0.4 is 5.32 Å². The Balaban J connectivity index is 1.36. The highest BCUT2D eigenvalue weighted by Crippen LogP contribution is 2.28. The van der Waals surface area contributed by atoms with Gasteiger partial charge in [0.05, 0.1) is 12.2 Å². The molecule has 2 atom stereocenters. The molecule has 0 spiro atoms. The number of carbonyl (C=O) groups is 1. The molecule has 3 saturated heterocycles. The lowest BCUT2D eigenvalue weighted by molar-refractivity contribution is -0.118. The van der Waals surface area contributed by atoms with Gasteiger partial charge in [-0.25, -0.2) is 0 Å². The number of pyridine rings is 1. The molecule has 7 nitrogen and oxygen atoms in total. The predicted octanol–water partition coefficient (Wildman–Crippen LogP) is 1.35. The molecule has 0 aromatic carbocycles. The van der Waals surface area contributed by atoms with Gasteiger partial charge in [-0.15, -0.1) is 0 Å². The molecule has 2 aromatic heterocycles. The monoisotopic (exact) mass is 354 g/mol. The van der Waals surface area contributed by atoms with E-state index in [0.717, 1.165) is 31.9 Å². The summed E-state index contributed by atoms with van der Waals surface area (Å²) in [6.45, 7) is 4.42. The topological polar surface area (TPSA) is 66.3 Å². The first-order valence-electron chi connectivity index (χ1n) is 9.31. The number of carbonyl (C=O) groups excluding carboxylic acids is 1. The number of hydrogen-bond donors (Lipinski definition) is 1. The summed E-state index contributed by atoms with van der Waals surface area (Å²) in [4.78, 5) is 21.7. The Bertz CT molecular complexity index is 745. The fourth-order valence-electron chi connectivity index (χ4n) is 4.17. The third kappa shape index (κ3) is 4.11. The van der Waals surface area contributed by atoms with E-state index in [0.29, 0.717) is 24.3 Å². The van der Waals surface area contributed by atoms with E-state index < -0.39 is 0 Å². The maximum Gasteiger partial charge on any atom is 0.239 e. The van der Waals surface area contributed by atoms with Gasteiger partial charge in [-0.1, -0.05) is 6.07 Å². The van der Waals surface area contributed by atoms with Crippen molar-refractivity contribution in [2.24, 2.45) is 13.0 Å². The minimum Gasteiger partial charge on any atom is -0.308 e. The van der Waals surface area contributed by atoms with Gasteiger partial charge in [0, 0.05) is 57.7 Å². The SMILES string of the molecule is Cn1ccc(NC(=O)CN2C[C@@H]3CC[C@H]2CN(Cc2ccccn2)C3)n1. The molecule has 2 bridgehead atoms.